The molecular weight excluding hydrogens is 482 g/mol. The van der Waals surface area contributed by atoms with Crippen molar-refractivity contribution in [2.24, 2.45) is 11.8 Å². The van der Waals surface area contributed by atoms with E-state index in [-0.39, 0.29) is 35.9 Å². The molecule has 0 spiro atoms. The third-order valence-electron chi connectivity index (χ3n) is 7.79. The third-order valence-corrected chi connectivity index (χ3v) is 7.79. The first kappa shape index (κ1) is 26.3. The van der Waals surface area contributed by atoms with E-state index in [1.807, 2.05) is 52.3 Å². The molecule has 202 valence electrons. The Morgan fingerprint density at radius 1 is 1.00 bits per heavy atom. The molecule has 2 saturated heterocycles. The number of phenolic OH excluding ortho intramolecular Hbond substituents is 1. The predicted octanol–water partition coefficient (Wildman–Crippen LogP) is 3.06. The summed E-state index contributed by atoms with van der Waals surface area (Å²) in [5.41, 5.74) is 1.78. The van der Waals surface area contributed by atoms with Crippen LogP contribution in [0.3, 0.4) is 0 Å². The number of ether oxygens (including phenoxy) is 2. The van der Waals surface area contributed by atoms with Crippen molar-refractivity contribution in [1.82, 2.24) is 14.7 Å². The Balaban J connectivity index is 1.35. The van der Waals surface area contributed by atoms with Crippen LogP contribution >= 0.6 is 0 Å². The Hall–Kier alpha value is -3.36. The SMILES string of the molecule is O=C(C[C@@H]1CCN2C[C@@H]1C=CCOc1ccccc1CN(Cc1ccccc1O)CC2=O)N1CCOCC1. The van der Waals surface area contributed by atoms with Crippen LogP contribution < -0.4 is 4.74 Å². The van der Waals surface area contributed by atoms with Crippen LogP contribution in [0.5, 0.6) is 11.5 Å². The number of fused-ring (bicyclic) bond motifs is 3. The van der Waals surface area contributed by atoms with Gasteiger partial charge in [0.25, 0.3) is 0 Å². The maximum absolute atomic E-state index is 13.6. The normalized spacial score (nSPS) is 23.0. The van der Waals surface area contributed by atoms with Crippen LogP contribution in [0, 0.1) is 11.8 Å². The minimum Gasteiger partial charge on any atom is -0.508 e. The van der Waals surface area contributed by atoms with Crippen LogP contribution in [0.15, 0.2) is 60.7 Å². The first-order chi connectivity index (χ1) is 18.6. The molecule has 38 heavy (non-hydrogen) atoms. The number of hydrogen-bond donors (Lipinski definition) is 1. The summed E-state index contributed by atoms with van der Waals surface area (Å²) in [6.45, 7) is 5.34. The molecule has 0 radical (unpaired) electrons. The van der Waals surface area contributed by atoms with Crippen molar-refractivity contribution in [2.75, 3.05) is 52.5 Å². The van der Waals surface area contributed by atoms with Crippen molar-refractivity contribution >= 4 is 11.8 Å². The van der Waals surface area contributed by atoms with E-state index in [4.69, 9.17) is 9.47 Å². The second-order valence-corrected chi connectivity index (χ2v) is 10.4. The van der Waals surface area contributed by atoms with Crippen molar-refractivity contribution < 1.29 is 24.2 Å². The molecule has 3 heterocycles. The number of carbonyl (C=O) groups is 2. The highest BCUT2D eigenvalue weighted by molar-refractivity contribution is 5.79. The van der Waals surface area contributed by atoms with E-state index in [0.717, 1.165) is 23.3 Å². The summed E-state index contributed by atoms with van der Waals surface area (Å²) in [5, 5.41) is 10.4. The number of rotatable bonds is 4. The Labute approximate surface area is 224 Å². The van der Waals surface area contributed by atoms with E-state index >= 15 is 0 Å². The lowest BCUT2D eigenvalue weighted by Gasteiger charge is -2.39. The molecule has 3 aliphatic heterocycles. The standard InChI is InChI=1S/C30H37N3O5/c34-27-9-3-1-6-25(27)19-31-20-26-7-2-4-10-28(26)38-15-5-8-24-21-33(30(36)22-31)12-11-23(24)18-29(35)32-13-16-37-17-14-32/h1-10,23-24,34H,11-22H2/t23-,24-/m0/s1. The van der Waals surface area contributed by atoms with Gasteiger partial charge in [0.15, 0.2) is 0 Å². The number of phenols is 1. The average Bonchev–Trinajstić information content (AvgIpc) is 2.94. The molecule has 0 aliphatic carbocycles. The van der Waals surface area contributed by atoms with Crippen LogP contribution in [0.25, 0.3) is 0 Å². The molecule has 2 aromatic carbocycles. The van der Waals surface area contributed by atoms with Gasteiger partial charge in [0.05, 0.1) is 19.8 Å². The molecule has 0 saturated carbocycles. The lowest BCUT2D eigenvalue weighted by atomic mass is 9.82. The number of nitrogens with zero attached hydrogens (tertiary/aromatic N) is 3. The highest BCUT2D eigenvalue weighted by Crippen LogP contribution is 2.30. The maximum atomic E-state index is 13.6. The summed E-state index contributed by atoms with van der Waals surface area (Å²) in [5.74, 6) is 1.52. The molecule has 0 unspecified atom stereocenters. The molecule has 1 N–H and O–H groups in total. The summed E-state index contributed by atoms with van der Waals surface area (Å²) in [7, 11) is 0. The molecule has 2 atom stereocenters. The molecule has 2 aromatic rings. The van der Waals surface area contributed by atoms with Crippen LogP contribution in [0.1, 0.15) is 24.0 Å². The summed E-state index contributed by atoms with van der Waals surface area (Å²) in [4.78, 5) is 32.5. The van der Waals surface area contributed by atoms with Gasteiger partial charge >= 0.3 is 0 Å². The zero-order valence-corrected chi connectivity index (χ0v) is 21.8. The Morgan fingerprint density at radius 2 is 1.79 bits per heavy atom. The predicted molar refractivity (Wildman–Crippen MR) is 143 cm³/mol. The number of para-hydroxylation sites is 2. The van der Waals surface area contributed by atoms with E-state index in [2.05, 4.69) is 11.0 Å². The van der Waals surface area contributed by atoms with Gasteiger partial charge in [-0.1, -0.05) is 48.6 Å². The fourth-order valence-corrected chi connectivity index (χ4v) is 5.62. The molecule has 2 amide bonds. The number of piperidine rings is 1. The largest absolute Gasteiger partial charge is 0.508 e. The van der Waals surface area contributed by atoms with E-state index in [1.165, 1.54) is 0 Å². The number of amides is 2. The minimum atomic E-state index is 0.0643. The van der Waals surface area contributed by atoms with Crippen molar-refractivity contribution in [1.29, 1.82) is 0 Å². The summed E-state index contributed by atoms with van der Waals surface area (Å²) in [6.07, 6.45) is 5.44. The lowest BCUT2D eigenvalue weighted by Crippen LogP contribution is -2.48. The van der Waals surface area contributed by atoms with E-state index in [0.29, 0.717) is 65.5 Å². The van der Waals surface area contributed by atoms with Gasteiger partial charge in [-0.15, -0.1) is 0 Å². The van der Waals surface area contributed by atoms with Crippen molar-refractivity contribution in [3.8, 4) is 11.5 Å². The van der Waals surface area contributed by atoms with Crippen molar-refractivity contribution in [3.63, 3.8) is 0 Å². The molecule has 8 nitrogen and oxygen atoms in total. The molecule has 2 fully saturated rings. The van der Waals surface area contributed by atoms with Crippen LogP contribution in [-0.2, 0) is 27.4 Å². The number of hydrogen-bond acceptors (Lipinski definition) is 6. The maximum Gasteiger partial charge on any atom is 0.236 e. The Bertz CT molecular complexity index is 1150. The Kier molecular flexibility index (Phi) is 8.61. The second kappa shape index (κ2) is 12.5. The summed E-state index contributed by atoms with van der Waals surface area (Å²) in [6, 6.07) is 15.2. The number of aromatic hydroxyl groups is 1. The number of carbonyl (C=O) groups excluding carboxylic acids is 2. The molecule has 3 aliphatic rings. The fourth-order valence-electron chi connectivity index (χ4n) is 5.62. The van der Waals surface area contributed by atoms with E-state index in [9.17, 15) is 14.7 Å². The van der Waals surface area contributed by atoms with E-state index < -0.39 is 0 Å². The van der Waals surface area contributed by atoms with Gasteiger partial charge in [-0.05, 0) is 30.4 Å². The third kappa shape index (κ3) is 6.55. The summed E-state index contributed by atoms with van der Waals surface area (Å²) >= 11 is 0. The fraction of sp³-hybridized carbons (Fsp3) is 0.467. The minimum absolute atomic E-state index is 0.0643. The lowest BCUT2D eigenvalue weighted by molar-refractivity contribution is -0.138. The quantitative estimate of drug-likeness (QED) is 0.626. The first-order valence-electron chi connectivity index (χ1n) is 13.6. The van der Waals surface area contributed by atoms with E-state index in [1.54, 1.807) is 12.1 Å². The van der Waals surface area contributed by atoms with Gasteiger partial charge in [0.2, 0.25) is 11.8 Å². The highest BCUT2D eigenvalue weighted by atomic mass is 16.5. The Morgan fingerprint density at radius 3 is 2.63 bits per heavy atom. The topological polar surface area (TPSA) is 82.6 Å². The van der Waals surface area contributed by atoms with Gasteiger partial charge in [-0.3, -0.25) is 14.5 Å². The van der Waals surface area contributed by atoms with Gasteiger partial charge in [-0.2, -0.15) is 0 Å². The molecule has 0 aromatic heterocycles. The smallest absolute Gasteiger partial charge is 0.236 e. The van der Waals surface area contributed by atoms with Crippen LogP contribution in [-0.4, -0.2) is 84.2 Å². The number of morpholine rings is 1. The van der Waals surface area contributed by atoms with Gasteiger partial charge in [0.1, 0.15) is 18.1 Å². The van der Waals surface area contributed by atoms with Gasteiger partial charge < -0.3 is 24.4 Å². The zero-order valence-electron chi connectivity index (χ0n) is 21.8. The average molecular weight is 520 g/mol. The van der Waals surface area contributed by atoms with Gasteiger partial charge in [-0.25, -0.2) is 0 Å². The van der Waals surface area contributed by atoms with Crippen LogP contribution in [0.2, 0.25) is 0 Å². The zero-order chi connectivity index (χ0) is 26.3. The molecule has 5 rings (SSSR count). The van der Waals surface area contributed by atoms with Crippen molar-refractivity contribution in [3.05, 3.63) is 71.8 Å². The number of benzene rings is 2. The van der Waals surface area contributed by atoms with Gasteiger partial charge in [0, 0.05) is 56.8 Å². The van der Waals surface area contributed by atoms with Crippen LogP contribution in [0.4, 0.5) is 0 Å². The monoisotopic (exact) mass is 519 g/mol. The summed E-state index contributed by atoms with van der Waals surface area (Å²) < 4.78 is 11.6. The molecule has 2 bridgehead atoms. The van der Waals surface area contributed by atoms with Crippen molar-refractivity contribution in [2.45, 2.75) is 25.9 Å². The first-order valence-corrected chi connectivity index (χ1v) is 13.6. The molecular formula is C30H37N3O5. The molecule has 8 heteroatoms. The highest BCUT2D eigenvalue weighted by Gasteiger charge is 2.33. The second-order valence-electron chi connectivity index (χ2n) is 10.4.